The minimum atomic E-state index is 0. The van der Waals surface area contributed by atoms with E-state index in [2.05, 4.69) is 25.3 Å². The normalized spacial score (nSPS) is 9.20. The Labute approximate surface area is 119 Å². The van der Waals surface area contributed by atoms with Crippen LogP contribution in [0.4, 0.5) is 0 Å². The summed E-state index contributed by atoms with van der Waals surface area (Å²) in [6.45, 7) is 9.28. The van der Waals surface area contributed by atoms with Gasteiger partial charge in [-0.1, -0.05) is 13.2 Å². The maximum absolute atomic E-state index is 7.86. The van der Waals surface area contributed by atoms with Gasteiger partial charge < -0.3 is 17.6 Å². The molecule has 0 aromatic heterocycles. The number of allylic oxidation sites excluding steroid dienone is 6. The van der Waals surface area contributed by atoms with Gasteiger partial charge in [-0.15, -0.1) is 6.42 Å². The Balaban J connectivity index is -0.0000000575. The zero-order chi connectivity index (χ0) is 10.7. The Bertz CT molecular complexity index is 176. The average molecular weight is 285 g/mol. The van der Waals surface area contributed by atoms with Gasteiger partial charge in [0, 0.05) is 32.7 Å². The molecule has 15 heavy (non-hydrogen) atoms. The minimum Gasteiger partial charge on any atom is -0.513 e. The molecule has 0 atom stereocenters. The van der Waals surface area contributed by atoms with Crippen LogP contribution in [-0.4, -0.2) is 10.2 Å². The van der Waals surface area contributed by atoms with Gasteiger partial charge in [-0.05, 0) is 13.8 Å². The van der Waals surface area contributed by atoms with Crippen molar-refractivity contribution in [3.63, 3.8) is 0 Å². The van der Waals surface area contributed by atoms with E-state index in [1.54, 1.807) is 0 Å². The van der Waals surface area contributed by atoms with E-state index in [1.165, 1.54) is 13.8 Å². The number of hydrogen-bond acceptors (Lipinski definition) is 2. The molecular weight excluding hydrogens is 265 g/mol. The van der Waals surface area contributed by atoms with Gasteiger partial charge in [-0.3, -0.25) is 6.08 Å². The first-order valence-corrected chi connectivity index (χ1v) is 3.87. The molecule has 0 saturated heterocycles. The molecule has 3 heteroatoms. The summed E-state index contributed by atoms with van der Waals surface area (Å²) in [6, 6.07) is 0. The van der Waals surface area contributed by atoms with Crippen LogP contribution in [0.1, 0.15) is 20.3 Å². The maximum atomic E-state index is 7.86. The smallest absolute Gasteiger partial charge is 0.0820 e. The molecule has 85 valence electrons. The molecule has 0 fully saturated rings. The summed E-state index contributed by atoms with van der Waals surface area (Å²) in [5, 5.41) is 15.7. The fraction of sp³-hybridized carbons (Fsp3) is 0.250. The molecule has 1 rings (SSSR count). The summed E-state index contributed by atoms with van der Waals surface area (Å²) in [7, 11) is 0. The quantitative estimate of drug-likeness (QED) is 0.523. The fourth-order valence-corrected chi connectivity index (χ4v) is 0.340. The van der Waals surface area contributed by atoms with Gasteiger partial charge in [0.05, 0.1) is 11.5 Å². The summed E-state index contributed by atoms with van der Waals surface area (Å²) in [5.74, 6) is 0.333. The third kappa shape index (κ3) is 85.5. The topological polar surface area (TPSA) is 40.5 Å². The predicted molar refractivity (Wildman–Crippen MR) is 62.9 cm³/mol. The van der Waals surface area contributed by atoms with Crippen LogP contribution < -0.4 is 0 Å². The number of hydrogen-bond donors (Lipinski definition) is 2. The van der Waals surface area contributed by atoms with Crippen LogP contribution in [0.2, 0.25) is 0 Å². The molecule has 1 aliphatic rings. The molecule has 0 heterocycles. The Morgan fingerprint density at radius 1 is 1.20 bits per heavy atom. The minimum absolute atomic E-state index is 0. The zero-order valence-corrected chi connectivity index (χ0v) is 12.7. The van der Waals surface area contributed by atoms with E-state index in [-0.39, 0.29) is 51.7 Å². The zero-order valence-electron chi connectivity index (χ0n) is 9.83. The molecule has 0 bridgehead atoms. The first-order chi connectivity index (χ1) is 5.96. The van der Waals surface area contributed by atoms with E-state index in [1.807, 2.05) is 12.2 Å². The Morgan fingerprint density at radius 2 is 1.53 bits per heavy atom. The van der Waals surface area contributed by atoms with Gasteiger partial charge in [-0.25, -0.2) is 12.2 Å². The Kier molecular flexibility index (Phi) is 30.9. The first kappa shape index (κ1) is 24.1. The van der Waals surface area contributed by atoms with Crippen molar-refractivity contribution in [2.75, 3.05) is 0 Å². The molecule has 2 N–H and O–H groups in total. The van der Waals surface area contributed by atoms with Crippen molar-refractivity contribution >= 4 is 0 Å². The number of aliphatic hydroxyl groups excluding tert-OH is 2. The summed E-state index contributed by atoms with van der Waals surface area (Å²) in [5.41, 5.74) is 0. The summed E-state index contributed by atoms with van der Waals surface area (Å²) in [6.07, 6.45) is 10.0. The molecule has 0 saturated carbocycles. The van der Waals surface area contributed by atoms with Gasteiger partial charge in [0.2, 0.25) is 0 Å². The standard InChI is InChI=1S/C5H5.2C3H6O.CH3.Y/c1-2-4-5-3-1;2*1-3(2)4;;/h1-3H,4H2;2*4H,1H2,2H3;1H3;/q-1;;;-1;. The third-order valence-electron chi connectivity index (χ3n) is 0.586. The second kappa shape index (κ2) is 19.3. The second-order valence-corrected chi connectivity index (χ2v) is 2.47. The van der Waals surface area contributed by atoms with Crippen LogP contribution in [0.15, 0.2) is 42.9 Å². The van der Waals surface area contributed by atoms with Crippen LogP contribution in [-0.2, 0) is 32.7 Å². The van der Waals surface area contributed by atoms with Crippen molar-refractivity contribution in [2.45, 2.75) is 20.3 Å². The van der Waals surface area contributed by atoms with Crippen LogP contribution in [0.25, 0.3) is 0 Å². The Hall–Kier alpha value is -0.336. The maximum Gasteiger partial charge on any atom is 0.0820 e. The molecule has 1 aliphatic carbocycles. The molecule has 0 aromatic carbocycles. The van der Waals surface area contributed by atoms with Crippen molar-refractivity contribution < 1.29 is 42.9 Å². The van der Waals surface area contributed by atoms with Crippen LogP contribution >= 0.6 is 0 Å². The molecule has 1 radical (unpaired) electrons. The molecule has 0 aromatic rings. The largest absolute Gasteiger partial charge is 0.513 e. The summed E-state index contributed by atoms with van der Waals surface area (Å²) >= 11 is 0. The van der Waals surface area contributed by atoms with Gasteiger partial charge in [0.15, 0.2) is 0 Å². The van der Waals surface area contributed by atoms with Crippen LogP contribution in [0.3, 0.4) is 0 Å². The molecule has 0 aliphatic heterocycles. The molecular formula is C12H20O2Y-2. The van der Waals surface area contributed by atoms with E-state index in [4.69, 9.17) is 10.2 Å². The second-order valence-electron chi connectivity index (χ2n) is 2.47. The molecule has 2 nitrogen and oxygen atoms in total. The van der Waals surface area contributed by atoms with Crippen molar-refractivity contribution in [2.24, 2.45) is 0 Å². The Morgan fingerprint density at radius 3 is 1.60 bits per heavy atom. The van der Waals surface area contributed by atoms with Gasteiger partial charge >= 0.3 is 0 Å². The van der Waals surface area contributed by atoms with Gasteiger partial charge in [0.1, 0.15) is 0 Å². The fourth-order valence-electron chi connectivity index (χ4n) is 0.340. The third-order valence-corrected chi connectivity index (χ3v) is 0.586. The van der Waals surface area contributed by atoms with E-state index < -0.39 is 0 Å². The summed E-state index contributed by atoms with van der Waals surface area (Å²) in [4.78, 5) is 0. The SMILES string of the molecule is C=C(C)O.C=C(C)O.[C-]1=CC=CC1.[CH3-].[Y]. The van der Waals surface area contributed by atoms with E-state index in [0.29, 0.717) is 0 Å². The van der Waals surface area contributed by atoms with Gasteiger partial charge in [0.25, 0.3) is 0 Å². The van der Waals surface area contributed by atoms with E-state index in [9.17, 15) is 0 Å². The van der Waals surface area contributed by atoms with E-state index >= 15 is 0 Å². The van der Waals surface area contributed by atoms with Gasteiger partial charge in [-0.2, -0.15) is 6.08 Å². The van der Waals surface area contributed by atoms with Crippen LogP contribution in [0, 0.1) is 13.5 Å². The predicted octanol–water partition coefficient (Wildman–Crippen LogP) is 3.91. The van der Waals surface area contributed by atoms with Crippen molar-refractivity contribution in [3.8, 4) is 0 Å². The molecule has 0 unspecified atom stereocenters. The van der Waals surface area contributed by atoms with Crippen molar-refractivity contribution in [1.29, 1.82) is 0 Å². The van der Waals surface area contributed by atoms with Crippen molar-refractivity contribution in [3.05, 3.63) is 56.4 Å². The van der Waals surface area contributed by atoms with Crippen LogP contribution in [0.5, 0.6) is 0 Å². The van der Waals surface area contributed by atoms with Crippen molar-refractivity contribution in [1.82, 2.24) is 0 Å². The monoisotopic (exact) mass is 285 g/mol. The molecule has 0 amide bonds. The summed E-state index contributed by atoms with van der Waals surface area (Å²) < 4.78 is 0. The molecule has 0 spiro atoms. The number of aliphatic hydroxyl groups is 2. The first-order valence-electron chi connectivity index (χ1n) is 3.87. The van der Waals surface area contributed by atoms with E-state index in [0.717, 1.165) is 6.42 Å². The average Bonchev–Trinajstić information content (AvgIpc) is 2.35. The number of rotatable bonds is 0.